The number of thiazole rings is 1. The number of anilines is 1. The van der Waals surface area contributed by atoms with Crippen molar-refractivity contribution in [3.8, 4) is 0 Å². The van der Waals surface area contributed by atoms with Crippen LogP contribution in [0.3, 0.4) is 0 Å². The summed E-state index contributed by atoms with van der Waals surface area (Å²) < 4.78 is 14.4. The lowest BCUT2D eigenvalue weighted by Gasteiger charge is -2.26. The highest BCUT2D eigenvalue weighted by Crippen LogP contribution is 2.33. The van der Waals surface area contributed by atoms with E-state index in [4.69, 9.17) is 20.8 Å². The Balaban J connectivity index is 1.62. The summed E-state index contributed by atoms with van der Waals surface area (Å²) in [4.78, 5) is 34.0. The summed E-state index contributed by atoms with van der Waals surface area (Å²) in [6.07, 6.45) is 5.23. The molecule has 1 saturated heterocycles. The molecule has 188 valence electrons. The number of piperidine rings is 1. The summed E-state index contributed by atoms with van der Waals surface area (Å²) in [6.45, 7) is 5.64. The van der Waals surface area contributed by atoms with Gasteiger partial charge in [-0.05, 0) is 66.7 Å². The van der Waals surface area contributed by atoms with E-state index < -0.39 is 12.0 Å². The van der Waals surface area contributed by atoms with Crippen LogP contribution in [0.1, 0.15) is 50.5 Å². The largest absolute Gasteiger partial charge is 0.463 e. The number of halogens is 2. The van der Waals surface area contributed by atoms with Crippen molar-refractivity contribution in [2.75, 3.05) is 24.6 Å². The van der Waals surface area contributed by atoms with Crippen LogP contribution in [0.4, 0.5) is 5.88 Å². The maximum absolute atomic E-state index is 13.7. The van der Waals surface area contributed by atoms with Gasteiger partial charge in [-0.3, -0.25) is 9.36 Å². The van der Waals surface area contributed by atoms with E-state index in [0.29, 0.717) is 31.4 Å². The maximum Gasteiger partial charge on any atom is 0.338 e. The monoisotopic (exact) mass is 589 g/mol. The van der Waals surface area contributed by atoms with Crippen molar-refractivity contribution in [3.05, 3.63) is 82.1 Å². The second-order valence-electron chi connectivity index (χ2n) is 8.70. The van der Waals surface area contributed by atoms with Crippen LogP contribution in [0.5, 0.6) is 0 Å². The van der Waals surface area contributed by atoms with Gasteiger partial charge in [-0.2, -0.15) is 0 Å². The van der Waals surface area contributed by atoms with Crippen molar-refractivity contribution in [2.45, 2.75) is 39.2 Å². The number of nitrogens with zero attached hydrogens (tertiary/aromatic N) is 3. The number of carbonyl (C=O) groups excluding carboxylic acids is 1. The van der Waals surface area contributed by atoms with E-state index in [0.717, 1.165) is 41.9 Å². The molecule has 1 aromatic carbocycles. The molecule has 10 heteroatoms. The highest BCUT2D eigenvalue weighted by molar-refractivity contribution is 9.10. The Morgan fingerprint density at radius 1 is 1.28 bits per heavy atom. The van der Waals surface area contributed by atoms with Crippen LogP contribution in [0.2, 0.25) is 5.02 Å². The first-order chi connectivity index (χ1) is 17.4. The molecule has 0 unspecified atom stereocenters. The molecule has 36 heavy (non-hydrogen) atoms. The lowest BCUT2D eigenvalue weighted by Crippen LogP contribution is -2.39. The lowest BCUT2D eigenvalue weighted by atomic mass is 9.96. The van der Waals surface area contributed by atoms with E-state index >= 15 is 0 Å². The Labute approximate surface area is 225 Å². The van der Waals surface area contributed by atoms with Crippen LogP contribution in [0.25, 0.3) is 6.08 Å². The fourth-order valence-corrected chi connectivity index (χ4v) is 6.35. The van der Waals surface area contributed by atoms with Gasteiger partial charge in [0.15, 0.2) is 4.80 Å². The van der Waals surface area contributed by atoms with Gasteiger partial charge in [-0.15, -0.1) is 0 Å². The summed E-state index contributed by atoms with van der Waals surface area (Å²) >= 11 is 11.0. The van der Waals surface area contributed by atoms with Crippen molar-refractivity contribution in [1.82, 2.24) is 4.57 Å². The third-order valence-corrected chi connectivity index (χ3v) is 8.11. The molecule has 0 aliphatic carbocycles. The summed E-state index contributed by atoms with van der Waals surface area (Å²) in [5.41, 5.74) is 1.36. The summed E-state index contributed by atoms with van der Waals surface area (Å²) in [5, 5.41) is 0.567. The Morgan fingerprint density at radius 2 is 2.00 bits per heavy atom. The van der Waals surface area contributed by atoms with Crippen molar-refractivity contribution in [2.24, 2.45) is 4.99 Å². The molecule has 1 atom stereocenters. The Bertz CT molecular complexity index is 1510. The predicted octanol–water partition coefficient (Wildman–Crippen LogP) is 4.80. The average Bonchev–Trinajstić information content (AvgIpc) is 3.38. The summed E-state index contributed by atoms with van der Waals surface area (Å²) in [5.74, 6) is 0.874. The molecule has 4 heterocycles. The predicted molar refractivity (Wildman–Crippen MR) is 144 cm³/mol. The number of esters is 1. The number of ether oxygens (including phenoxy) is 1. The minimum atomic E-state index is -0.674. The molecule has 0 spiro atoms. The van der Waals surface area contributed by atoms with Gasteiger partial charge < -0.3 is 14.1 Å². The number of aromatic nitrogens is 1. The van der Waals surface area contributed by atoms with Crippen LogP contribution in [0.15, 0.2) is 60.3 Å². The second-order valence-corrected chi connectivity index (χ2v) is 11.0. The van der Waals surface area contributed by atoms with Crippen molar-refractivity contribution in [3.63, 3.8) is 0 Å². The molecule has 0 amide bonds. The molecule has 0 bridgehead atoms. The normalized spacial score (nSPS) is 18.3. The first-order valence-corrected chi connectivity index (χ1v) is 13.9. The molecule has 3 aromatic rings. The minimum Gasteiger partial charge on any atom is -0.463 e. The first kappa shape index (κ1) is 25.0. The third kappa shape index (κ3) is 4.71. The van der Waals surface area contributed by atoms with E-state index in [2.05, 4.69) is 25.8 Å². The van der Waals surface area contributed by atoms with Crippen molar-refractivity contribution >= 4 is 56.8 Å². The van der Waals surface area contributed by atoms with Crippen molar-refractivity contribution in [1.29, 1.82) is 0 Å². The molecule has 2 aliphatic heterocycles. The van der Waals surface area contributed by atoms with E-state index in [1.165, 1.54) is 17.8 Å². The molecule has 0 N–H and O–H groups in total. The highest BCUT2D eigenvalue weighted by Gasteiger charge is 2.33. The topological polar surface area (TPSA) is 77.0 Å². The van der Waals surface area contributed by atoms with Crippen LogP contribution in [0, 0.1) is 0 Å². The molecular formula is C26H25BrClN3O4S. The average molecular weight is 591 g/mol. The number of hydrogen-bond acceptors (Lipinski definition) is 7. The molecule has 2 aliphatic rings. The lowest BCUT2D eigenvalue weighted by molar-refractivity contribution is -0.139. The fraction of sp³-hybridized carbons (Fsp3) is 0.346. The molecule has 7 nitrogen and oxygen atoms in total. The molecule has 0 radical (unpaired) electrons. The number of fused-ring (bicyclic) bond motifs is 1. The van der Waals surface area contributed by atoms with Crippen molar-refractivity contribution < 1.29 is 13.9 Å². The molecular weight excluding hydrogens is 566 g/mol. The van der Waals surface area contributed by atoms with Crippen LogP contribution in [-0.2, 0) is 9.53 Å². The highest BCUT2D eigenvalue weighted by atomic mass is 79.9. The zero-order chi connectivity index (χ0) is 25.4. The molecule has 5 rings (SSSR count). The van der Waals surface area contributed by atoms with Gasteiger partial charge in [0.25, 0.3) is 5.56 Å². The number of hydrogen-bond donors (Lipinski definition) is 0. The fourth-order valence-electron chi connectivity index (χ4n) is 4.64. The maximum atomic E-state index is 13.7. The van der Waals surface area contributed by atoms with Gasteiger partial charge in [0.2, 0.25) is 5.88 Å². The van der Waals surface area contributed by atoms with Gasteiger partial charge in [0.1, 0.15) is 5.76 Å². The van der Waals surface area contributed by atoms with Gasteiger partial charge in [0.05, 0.1) is 32.9 Å². The Kier molecular flexibility index (Phi) is 7.23. The number of allylic oxidation sites excluding steroid dienone is 1. The second kappa shape index (κ2) is 10.4. The first-order valence-electron chi connectivity index (χ1n) is 11.9. The standard InChI is InChI=1S/C26H25BrClN3O4S/c1-3-34-25(33)21-15(2)29-26-31(22(21)16-7-9-17(28)10-8-16)23(32)20(36-26)14-18-13-19(27)24(35-18)30-11-5-4-6-12-30/h7-10,13-14,22H,3-6,11-12H2,1-2H3/b20-14+/t22-/m1/s1. The molecule has 1 fully saturated rings. The molecule has 2 aromatic heterocycles. The van der Waals surface area contributed by atoms with Gasteiger partial charge in [0, 0.05) is 30.3 Å². The number of benzene rings is 1. The van der Waals surface area contributed by atoms with E-state index in [-0.39, 0.29) is 12.2 Å². The van der Waals surface area contributed by atoms with Gasteiger partial charge in [-0.1, -0.05) is 35.1 Å². The van der Waals surface area contributed by atoms with E-state index in [9.17, 15) is 9.59 Å². The van der Waals surface area contributed by atoms with Crippen LogP contribution in [-0.4, -0.2) is 30.2 Å². The summed E-state index contributed by atoms with van der Waals surface area (Å²) in [7, 11) is 0. The quantitative estimate of drug-likeness (QED) is 0.399. The van der Waals surface area contributed by atoms with Crippen LogP contribution < -0.4 is 19.8 Å². The number of rotatable bonds is 5. The summed E-state index contributed by atoms with van der Waals surface area (Å²) in [6, 6.07) is 8.33. The Hall–Kier alpha value is -2.62. The number of furan rings is 1. The molecule has 0 saturated carbocycles. The smallest absolute Gasteiger partial charge is 0.338 e. The van der Waals surface area contributed by atoms with E-state index in [1.54, 1.807) is 36.6 Å². The third-order valence-electron chi connectivity index (χ3n) is 6.31. The number of carbonyl (C=O) groups is 1. The Morgan fingerprint density at radius 3 is 2.69 bits per heavy atom. The SMILES string of the molecule is CCOC(=O)C1=C(C)N=c2s/c(=C/c3cc(Br)c(N4CCCCC4)o3)c(=O)n2[C@@H]1c1ccc(Cl)cc1. The zero-order valence-electron chi connectivity index (χ0n) is 19.9. The van der Waals surface area contributed by atoms with E-state index in [1.807, 2.05) is 18.2 Å². The van der Waals surface area contributed by atoms with Crippen LogP contribution >= 0.6 is 38.9 Å². The van der Waals surface area contributed by atoms with Gasteiger partial charge in [-0.25, -0.2) is 9.79 Å². The van der Waals surface area contributed by atoms with Gasteiger partial charge >= 0.3 is 5.97 Å². The minimum absolute atomic E-state index is 0.222. The zero-order valence-corrected chi connectivity index (χ0v) is 23.1.